The van der Waals surface area contributed by atoms with E-state index < -0.39 is 7.14 Å². The van der Waals surface area contributed by atoms with Crippen LogP contribution < -0.4 is 14.8 Å². The van der Waals surface area contributed by atoms with Gasteiger partial charge in [0.05, 0.1) is 9.78 Å². The van der Waals surface area contributed by atoms with E-state index in [1.54, 1.807) is 0 Å². The van der Waals surface area contributed by atoms with Crippen molar-refractivity contribution in [3.8, 4) is 23.0 Å². The third-order valence-corrected chi connectivity index (χ3v) is 13.2. The molecule has 6 rings (SSSR count). The highest BCUT2D eigenvalue weighted by Crippen LogP contribution is 2.63. The first kappa shape index (κ1) is 35.6. The highest BCUT2D eigenvalue weighted by atomic mass is 79.9. The minimum atomic E-state index is -2.52. The van der Waals surface area contributed by atoms with Crippen LogP contribution in [0.15, 0.2) is 114 Å². The zero-order valence-corrected chi connectivity index (χ0v) is 27.0. The van der Waals surface area contributed by atoms with Gasteiger partial charge in [0.1, 0.15) is 30.1 Å². The summed E-state index contributed by atoms with van der Waals surface area (Å²) in [7, 11) is -2.52. The average Bonchev–Trinajstić information content (AvgIpc) is 3.09. The molecule has 5 nitrogen and oxygen atoms in total. The van der Waals surface area contributed by atoms with Gasteiger partial charge in [-0.05, 0) is 90.1 Å². The molecular formula is C37H46BrO5P. The van der Waals surface area contributed by atoms with Gasteiger partial charge in [-0.15, -0.1) is 0 Å². The van der Waals surface area contributed by atoms with Crippen molar-refractivity contribution in [3.63, 3.8) is 0 Å². The summed E-state index contributed by atoms with van der Waals surface area (Å²) in [6.45, 7) is 0. The Bertz CT molecular complexity index is 1380. The molecule has 236 valence electrons. The number of benzene rings is 4. The van der Waals surface area contributed by atoms with E-state index in [4.69, 9.17) is 20.0 Å². The first-order valence-electron chi connectivity index (χ1n) is 15.2. The fourth-order valence-electron chi connectivity index (χ4n) is 6.21. The Morgan fingerprint density at radius 3 is 1.41 bits per heavy atom. The van der Waals surface area contributed by atoms with Gasteiger partial charge in [-0.25, -0.2) is 0 Å². The Kier molecular flexibility index (Phi) is 15.2. The molecule has 0 saturated heterocycles. The monoisotopic (exact) mass is 680 g/mol. The van der Waals surface area contributed by atoms with Crippen LogP contribution in [-0.4, -0.2) is 21.8 Å². The Labute approximate surface area is 271 Å². The lowest BCUT2D eigenvalue weighted by Gasteiger charge is -2.39. The first-order chi connectivity index (χ1) is 21.1. The summed E-state index contributed by atoms with van der Waals surface area (Å²) in [5.74, 6) is 3.31. The van der Waals surface area contributed by atoms with Crippen LogP contribution >= 0.6 is 23.1 Å². The molecule has 44 heavy (non-hydrogen) atoms. The van der Waals surface area contributed by atoms with Crippen LogP contribution in [0.1, 0.15) is 71.6 Å². The highest BCUT2D eigenvalue weighted by Gasteiger charge is 2.44. The minimum Gasteiger partial charge on any atom is -0.457 e. The molecule has 0 atom stereocenters. The molecule has 7 heteroatoms. The highest BCUT2D eigenvalue weighted by molar-refractivity contribution is 9.10. The molecule has 0 radical (unpaired) electrons. The zero-order chi connectivity index (χ0) is 30.3. The van der Waals surface area contributed by atoms with Gasteiger partial charge >= 0.3 is 0 Å². The predicted octanol–water partition coefficient (Wildman–Crippen LogP) is 12.0. The largest absolute Gasteiger partial charge is 0.457 e. The molecule has 0 spiro atoms. The number of rotatable bonds is 7. The maximum absolute atomic E-state index is 14.9. The maximum atomic E-state index is 14.9. The smallest absolute Gasteiger partial charge is 0.141 e. The maximum Gasteiger partial charge on any atom is 0.141 e. The lowest BCUT2D eigenvalue weighted by molar-refractivity contribution is -0.176. The zero-order valence-electron chi connectivity index (χ0n) is 24.6. The van der Waals surface area contributed by atoms with Gasteiger partial charge in [0.25, 0.3) is 0 Å². The fourth-order valence-corrected chi connectivity index (χ4v) is 11.0. The van der Waals surface area contributed by atoms with Crippen LogP contribution in [0.2, 0.25) is 0 Å². The van der Waals surface area contributed by atoms with Crippen molar-refractivity contribution in [2.75, 3.05) is 0 Å². The van der Waals surface area contributed by atoms with Crippen molar-refractivity contribution < 1.29 is 24.6 Å². The van der Waals surface area contributed by atoms with Gasteiger partial charge in [-0.1, -0.05) is 107 Å². The van der Waals surface area contributed by atoms with Crippen LogP contribution in [0.5, 0.6) is 23.0 Å². The molecule has 0 bridgehead atoms. The molecule has 0 unspecified atom stereocenters. The summed E-state index contributed by atoms with van der Waals surface area (Å²) in [5, 5.41) is 13.0. The Morgan fingerprint density at radius 1 is 0.545 bits per heavy atom. The summed E-state index contributed by atoms with van der Waals surface area (Å²) in [6.07, 6.45) is 12.0. The molecule has 2 fully saturated rings. The Hall–Kier alpha value is -2.89. The molecule has 0 amide bonds. The van der Waals surface area contributed by atoms with E-state index >= 15 is 0 Å². The van der Waals surface area contributed by atoms with Gasteiger partial charge in [-0.2, -0.15) is 0 Å². The summed E-state index contributed by atoms with van der Waals surface area (Å²) < 4.78 is 27.7. The second kappa shape index (κ2) is 18.8. The second-order valence-corrected chi connectivity index (χ2v) is 15.2. The van der Waals surface area contributed by atoms with Crippen molar-refractivity contribution in [2.24, 2.45) is 0 Å². The summed E-state index contributed by atoms with van der Waals surface area (Å²) in [4.78, 5) is 0. The van der Waals surface area contributed by atoms with E-state index in [-0.39, 0.29) is 7.43 Å². The van der Waals surface area contributed by atoms with Crippen molar-refractivity contribution >= 4 is 28.4 Å². The van der Waals surface area contributed by atoms with Crippen LogP contribution in [0.25, 0.3) is 0 Å². The molecule has 2 aliphatic carbocycles. The Balaban J connectivity index is 0.000000263. The molecule has 2 saturated carbocycles. The van der Waals surface area contributed by atoms with Crippen LogP contribution in [0.4, 0.5) is 0 Å². The molecule has 0 heterocycles. The molecule has 4 aromatic carbocycles. The van der Waals surface area contributed by atoms with Gasteiger partial charge in [-0.3, -0.25) is 10.5 Å². The van der Waals surface area contributed by atoms with Crippen LogP contribution in [-0.2, 0) is 4.57 Å². The van der Waals surface area contributed by atoms with Crippen molar-refractivity contribution in [2.45, 2.75) is 83.0 Å². The molecular weight excluding hydrogens is 635 g/mol. The van der Waals surface area contributed by atoms with Crippen molar-refractivity contribution in [3.05, 3.63) is 114 Å². The third-order valence-electron chi connectivity index (χ3n) is 8.25. The standard InChI is InChI=1S/C24H31O2P.C12H9BrO.CH4.H2O2/c25-27(21-14-6-2-7-15-21,22-16-8-3-9-17-22)24-19-11-10-18-23(24)26-20-12-4-1-5-13-20;13-11-8-4-5-9-12(11)14-10-6-2-1-3-7-10;;1-2/h1,4-5,10-13,18-19,21-22H,2-3,6-9,14-17H2;1-9H;1H4;1-2H. The van der Waals surface area contributed by atoms with Gasteiger partial charge < -0.3 is 14.0 Å². The topological polar surface area (TPSA) is 76.0 Å². The van der Waals surface area contributed by atoms with Gasteiger partial charge in [0, 0.05) is 11.3 Å². The quantitative estimate of drug-likeness (QED) is 0.115. The Morgan fingerprint density at radius 2 is 0.932 bits per heavy atom. The van der Waals surface area contributed by atoms with E-state index in [9.17, 15) is 4.57 Å². The first-order valence-corrected chi connectivity index (χ1v) is 17.9. The molecule has 2 aliphatic rings. The average molecular weight is 682 g/mol. The molecule has 0 aromatic heterocycles. The van der Waals surface area contributed by atoms with E-state index in [2.05, 4.69) is 22.0 Å². The summed E-state index contributed by atoms with van der Waals surface area (Å²) in [6, 6.07) is 35.6. The lowest BCUT2D eigenvalue weighted by atomic mass is 9.99. The predicted molar refractivity (Wildman–Crippen MR) is 187 cm³/mol. The van der Waals surface area contributed by atoms with Gasteiger partial charge in [0.15, 0.2) is 0 Å². The number of halogens is 1. The summed E-state index contributed by atoms with van der Waals surface area (Å²) >= 11 is 3.43. The normalized spacial score (nSPS) is 15.3. The van der Waals surface area contributed by atoms with Crippen LogP contribution in [0, 0.1) is 0 Å². The van der Waals surface area contributed by atoms with E-state index in [1.165, 1.54) is 38.5 Å². The number of para-hydroxylation sites is 4. The van der Waals surface area contributed by atoms with E-state index in [0.29, 0.717) is 11.3 Å². The number of ether oxygens (including phenoxy) is 2. The van der Waals surface area contributed by atoms with Crippen molar-refractivity contribution in [1.29, 1.82) is 0 Å². The lowest BCUT2D eigenvalue weighted by Crippen LogP contribution is -2.30. The number of hydrogen-bond donors (Lipinski definition) is 2. The molecule has 2 N–H and O–H groups in total. The minimum absolute atomic E-state index is 0. The third kappa shape index (κ3) is 9.55. The second-order valence-electron chi connectivity index (χ2n) is 11.0. The number of hydrogen-bond acceptors (Lipinski definition) is 5. The van der Waals surface area contributed by atoms with Crippen LogP contribution in [0.3, 0.4) is 0 Å². The van der Waals surface area contributed by atoms with Crippen molar-refractivity contribution in [1.82, 2.24) is 0 Å². The SMILES string of the molecule is Brc1ccccc1Oc1ccccc1.C.O=P(c1ccccc1Oc1ccccc1)(C1CCCCC1)C1CCCCC1.OO. The molecule has 4 aromatic rings. The van der Waals surface area contributed by atoms with E-state index in [1.807, 2.05) is 103 Å². The van der Waals surface area contributed by atoms with Gasteiger partial charge in [0.2, 0.25) is 0 Å². The fraction of sp³-hybridized carbons (Fsp3) is 0.351. The summed E-state index contributed by atoms with van der Waals surface area (Å²) in [5.41, 5.74) is 0.685. The van der Waals surface area contributed by atoms with E-state index in [0.717, 1.165) is 58.5 Å². The molecule has 0 aliphatic heterocycles.